The van der Waals surface area contributed by atoms with Crippen molar-refractivity contribution >= 4 is 29.7 Å². The molecule has 5 heteroatoms. The largest absolute Gasteiger partial charge is 0.493 e. The van der Waals surface area contributed by atoms with Crippen LogP contribution in [0.5, 0.6) is 11.5 Å². The molecule has 1 aromatic heterocycles. The first kappa shape index (κ1) is 28.4. The molecule has 0 N–H and O–H groups in total. The van der Waals surface area contributed by atoms with Crippen LogP contribution >= 0.6 is 0 Å². The molecule has 1 atom stereocenters. The van der Waals surface area contributed by atoms with Gasteiger partial charge >= 0.3 is 0 Å². The molecule has 1 heterocycles. The third kappa shape index (κ3) is 7.44. The summed E-state index contributed by atoms with van der Waals surface area (Å²) in [7, 11) is -1.26. The quantitative estimate of drug-likeness (QED) is 0.109. The first-order valence-corrected chi connectivity index (χ1v) is 17.4. The third-order valence-corrected chi connectivity index (χ3v) is 12.4. The Hall–Kier alpha value is -2.14. The number of nitrogens with zero attached hydrogens (tertiary/aromatic N) is 1. The van der Waals surface area contributed by atoms with Gasteiger partial charge in [-0.1, -0.05) is 90.9 Å². The standard InChI is InChI=1S/C31H46FNO2Si/c1-6-8-10-11-12-13-20-34-29-18-17-25-26(31(29)32)23-33-27-15-14-16-28(30(25)27)35-21-19-24(3)36(4,5)22-9-7-2/h14-18,23-24H,6-13,19-22H2,1-5H3. The molecule has 0 aliphatic carbocycles. The molecule has 0 aliphatic heterocycles. The van der Waals surface area contributed by atoms with Gasteiger partial charge in [-0.3, -0.25) is 4.98 Å². The van der Waals surface area contributed by atoms with Crippen LogP contribution in [0.15, 0.2) is 36.5 Å². The Morgan fingerprint density at radius 3 is 2.33 bits per heavy atom. The van der Waals surface area contributed by atoms with Gasteiger partial charge in [-0.15, -0.1) is 0 Å². The van der Waals surface area contributed by atoms with Crippen LogP contribution in [0.1, 0.15) is 78.6 Å². The third-order valence-electron chi connectivity index (χ3n) is 7.82. The van der Waals surface area contributed by atoms with Crippen molar-refractivity contribution < 1.29 is 13.9 Å². The van der Waals surface area contributed by atoms with Crippen LogP contribution in [0.3, 0.4) is 0 Å². The molecule has 3 aromatic rings. The van der Waals surface area contributed by atoms with Crippen molar-refractivity contribution in [2.75, 3.05) is 13.2 Å². The molecule has 0 saturated carbocycles. The van der Waals surface area contributed by atoms with Gasteiger partial charge in [-0.25, -0.2) is 4.39 Å². The summed E-state index contributed by atoms with van der Waals surface area (Å²) in [4.78, 5) is 4.56. The first-order valence-electron chi connectivity index (χ1n) is 14.1. The number of aromatic nitrogens is 1. The summed E-state index contributed by atoms with van der Waals surface area (Å²) in [6, 6.07) is 11.0. The Bertz CT molecular complexity index is 1100. The van der Waals surface area contributed by atoms with Gasteiger partial charge in [0.2, 0.25) is 0 Å². The molecular weight excluding hydrogens is 465 g/mol. The molecule has 3 nitrogen and oxygen atoms in total. The molecule has 3 rings (SSSR count). The molecule has 0 spiro atoms. The summed E-state index contributed by atoms with van der Waals surface area (Å²) in [5.41, 5.74) is 1.52. The second-order valence-electron chi connectivity index (χ2n) is 11.0. The molecular formula is C31H46FNO2Si. The average Bonchev–Trinajstić information content (AvgIpc) is 2.87. The van der Waals surface area contributed by atoms with E-state index in [2.05, 4.69) is 38.8 Å². The van der Waals surface area contributed by atoms with Gasteiger partial charge in [0, 0.05) is 11.6 Å². The summed E-state index contributed by atoms with van der Waals surface area (Å²) in [5.74, 6) is 0.759. The zero-order valence-corrected chi connectivity index (χ0v) is 24.2. The van der Waals surface area contributed by atoms with E-state index in [1.54, 1.807) is 12.3 Å². The number of rotatable bonds is 16. The normalized spacial score (nSPS) is 12.8. The van der Waals surface area contributed by atoms with E-state index in [1.165, 1.54) is 44.6 Å². The van der Waals surface area contributed by atoms with E-state index >= 15 is 4.39 Å². The van der Waals surface area contributed by atoms with Crippen molar-refractivity contribution in [2.45, 2.75) is 103 Å². The SMILES string of the molecule is CCCCCCCCOc1ccc2c(cnc3cccc(OCCC(C)[Si](C)(C)CCCC)c32)c1F. The van der Waals surface area contributed by atoms with Crippen molar-refractivity contribution in [3.05, 3.63) is 42.3 Å². The number of halogens is 1. The number of hydrogen-bond donors (Lipinski definition) is 0. The van der Waals surface area contributed by atoms with E-state index in [9.17, 15) is 0 Å². The van der Waals surface area contributed by atoms with E-state index in [0.29, 0.717) is 29.9 Å². The van der Waals surface area contributed by atoms with E-state index in [-0.39, 0.29) is 5.82 Å². The van der Waals surface area contributed by atoms with Gasteiger partial charge < -0.3 is 9.47 Å². The smallest absolute Gasteiger partial charge is 0.174 e. The highest BCUT2D eigenvalue weighted by molar-refractivity contribution is 6.78. The molecule has 0 bridgehead atoms. The number of benzene rings is 2. The first-order chi connectivity index (χ1) is 17.4. The van der Waals surface area contributed by atoms with E-state index < -0.39 is 8.07 Å². The minimum Gasteiger partial charge on any atom is -0.493 e. The molecule has 198 valence electrons. The molecule has 0 fully saturated rings. The highest BCUT2D eigenvalue weighted by Crippen LogP contribution is 2.36. The zero-order chi connectivity index (χ0) is 26.0. The predicted octanol–water partition coefficient (Wildman–Crippen LogP) is 9.93. The van der Waals surface area contributed by atoms with Gasteiger partial charge in [-0.05, 0) is 48.0 Å². The average molecular weight is 512 g/mol. The van der Waals surface area contributed by atoms with Crippen LogP contribution in [0.25, 0.3) is 21.7 Å². The lowest BCUT2D eigenvalue weighted by molar-refractivity contribution is 0.291. The van der Waals surface area contributed by atoms with Crippen molar-refractivity contribution in [1.29, 1.82) is 0 Å². The van der Waals surface area contributed by atoms with Crippen LogP contribution in [0.4, 0.5) is 4.39 Å². The Morgan fingerprint density at radius 2 is 1.56 bits per heavy atom. The summed E-state index contributed by atoms with van der Waals surface area (Å²) in [5, 5.41) is 2.19. The molecule has 1 unspecified atom stereocenters. The Balaban J connectivity index is 1.71. The monoisotopic (exact) mass is 511 g/mol. The Kier molecular flexibility index (Phi) is 11.0. The fourth-order valence-electron chi connectivity index (χ4n) is 4.86. The summed E-state index contributed by atoms with van der Waals surface area (Å²) in [6.45, 7) is 13.1. The molecule has 36 heavy (non-hydrogen) atoms. The summed E-state index contributed by atoms with van der Waals surface area (Å²) >= 11 is 0. The van der Waals surface area contributed by atoms with Crippen LogP contribution < -0.4 is 9.47 Å². The van der Waals surface area contributed by atoms with Gasteiger partial charge in [-0.2, -0.15) is 0 Å². The maximum absolute atomic E-state index is 15.4. The van der Waals surface area contributed by atoms with Crippen molar-refractivity contribution in [3.63, 3.8) is 0 Å². The lowest BCUT2D eigenvalue weighted by atomic mass is 10.0. The lowest BCUT2D eigenvalue weighted by Crippen LogP contribution is -2.31. The van der Waals surface area contributed by atoms with Gasteiger partial charge in [0.1, 0.15) is 5.75 Å². The molecule has 0 amide bonds. The second kappa shape index (κ2) is 14.0. The minimum absolute atomic E-state index is 0.309. The van der Waals surface area contributed by atoms with Crippen molar-refractivity contribution in [3.8, 4) is 11.5 Å². The highest BCUT2D eigenvalue weighted by atomic mass is 28.3. The molecule has 0 radical (unpaired) electrons. The number of pyridine rings is 1. The highest BCUT2D eigenvalue weighted by Gasteiger charge is 2.27. The van der Waals surface area contributed by atoms with Crippen LogP contribution in [-0.2, 0) is 0 Å². The van der Waals surface area contributed by atoms with E-state index in [4.69, 9.17) is 9.47 Å². The van der Waals surface area contributed by atoms with Crippen LogP contribution in [0, 0.1) is 5.82 Å². The Labute approximate surface area is 218 Å². The van der Waals surface area contributed by atoms with Crippen LogP contribution in [-0.4, -0.2) is 26.3 Å². The number of hydrogen-bond acceptors (Lipinski definition) is 3. The number of ether oxygens (including phenoxy) is 2. The van der Waals surface area contributed by atoms with Gasteiger partial charge in [0.25, 0.3) is 0 Å². The van der Waals surface area contributed by atoms with E-state index in [1.807, 2.05) is 24.3 Å². The molecule has 2 aromatic carbocycles. The van der Waals surface area contributed by atoms with Gasteiger partial charge in [0.15, 0.2) is 11.6 Å². The Morgan fingerprint density at radius 1 is 0.833 bits per heavy atom. The summed E-state index contributed by atoms with van der Waals surface area (Å²) in [6.07, 6.45) is 12.3. The summed E-state index contributed by atoms with van der Waals surface area (Å²) < 4.78 is 27.5. The zero-order valence-electron chi connectivity index (χ0n) is 23.2. The van der Waals surface area contributed by atoms with Gasteiger partial charge in [0.05, 0.1) is 32.2 Å². The predicted molar refractivity (Wildman–Crippen MR) is 155 cm³/mol. The molecule has 0 saturated heterocycles. The number of unbranched alkanes of at least 4 members (excludes halogenated alkanes) is 6. The van der Waals surface area contributed by atoms with Crippen LogP contribution in [0.2, 0.25) is 24.7 Å². The maximum Gasteiger partial charge on any atom is 0.174 e. The van der Waals surface area contributed by atoms with Crippen molar-refractivity contribution in [1.82, 2.24) is 4.98 Å². The fourth-order valence-corrected chi connectivity index (χ4v) is 7.52. The second-order valence-corrected chi connectivity index (χ2v) is 16.5. The number of fused-ring (bicyclic) bond motifs is 3. The topological polar surface area (TPSA) is 31.4 Å². The fraction of sp³-hybridized carbons (Fsp3) is 0.581. The lowest BCUT2D eigenvalue weighted by Gasteiger charge is -2.30. The molecule has 0 aliphatic rings. The maximum atomic E-state index is 15.4. The van der Waals surface area contributed by atoms with E-state index in [0.717, 1.165) is 41.3 Å². The minimum atomic E-state index is -1.26. The van der Waals surface area contributed by atoms with Crippen molar-refractivity contribution in [2.24, 2.45) is 0 Å².